The second-order valence-corrected chi connectivity index (χ2v) is 9.33. The van der Waals surface area contributed by atoms with Crippen molar-refractivity contribution in [3.05, 3.63) is 85.9 Å². The average molecular weight is 547 g/mol. The van der Waals surface area contributed by atoms with Crippen LogP contribution in [0.15, 0.2) is 68.4 Å². The van der Waals surface area contributed by atoms with Crippen LogP contribution in [-0.2, 0) is 16.1 Å². The summed E-state index contributed by atoms with van der Waals surface area (Å²) in [5, 5.41) is -0.0545. The molecule has 0 radical (unpaired) electrons. The first-order valence-corrected chi connectivity index (χ1v) is 11.9. The van der Waals surface area contributed by atoms with E-state index in [0.717, 1.165) is 21.8 Å². The molecule has 0 bridgehead atoms. The van der Waals surface area contributed by atoms with Gasteiger partial charge in [0, 0.05) is 16.1 Å². The maximum absolute atomic E-state index is 12.8. The predicted molar refractivity (Wildman–Crippen MR) is 131 cm³/mol. The summed E-state index contributed by atoms with van der Waals surface area (Å²) in [6, 6.07) is 15.7. The van der Waals surface area contributed by atoms with Gasteiger partial charge in [0.05, 0.1) is 28.6 Å². The molecular weight excluding hydrogens is 530 g/mol. The van der Waals surface area contributed by atoms with Crippen LogP contribution in [0.1, 0.15) is 28.6 Å². The lowest BCUT2D eigenvalue weighted by atomic mass is 10.1. The summed E-state index contributed by atoms with van der Waals surface area (Å²) >= 11 is 10.4. The van der Waals surface area contributed by atoms with Crippen molar-refractivity contribution in [2.45, 2.75) is 13.5 Å². The largest absolute Gasteiger partial charge is 0.462 e. The van der Waals surface area contributed by atoms with Gasteiger partial charge in [-0.25, -0.2) is 4.79 Å². The van der Waals surface area contributed by atoms with Crippen LogP contribution in [-0.4, -0.2) is 28.6 Å². The Morgan fingerprint density at radius 1 is 1.15 bits per heavy atom. The van der Waals surface area contributed by atoms with E-state index in [1.165, 1.54) is 11.0 Å². The SMILES string of the molecule is CCOC(=O)c1cc(-c2ccc(/C=C3\SC(=O)N(Cc4ccc(Br)cc4)C3=O)o2)ccc1Cl. The first-order valence-electron chi connectivity index (χ1n) is 9.92. The maximum atomic E-state index is 12.8. The zero-order valence-electron chi connectivity index (χ0n) is 17.3. The molecule has 3 aromatic rings. The van der Waals surface area contributed by atoms with Gasteiger partial charge in [-0.15, -0.1) is 0 Å². The highest BCUT2D eigenvalue weighted by Gasteiger charge is 2.35. The van der Waals surface area contributed by atoms with Crippen molar-refractivity contribution in [3.8, 4) is 11.3 Å². The third kappa shape index (κ3) is 5.24. The van der Waals surface area contributed by atoms with Crippen LogP contribution in [0, 0.1) is 0 Å². The van der Waals surface area contributed by atoms with E-state index in [2.05, 4.69) is 15.9 Å². The Kier molecular flexibility index (Phi) is 7.07. The predicted octanol–water partition coefficient (Wildman–Crippen LogP) is 6.78. The number of benzene rings is 2. The minimum Gasteiger partial charge on any atom is -0.462 e. The number of carbonyl (C=O) groups is 3. The van der Waals surface area contributed by atoms with Crippen LogP contribution in [0.25, 0.3) is 17.4 Å². The van der Waals surface area contributed by atoms with Crippen molar-refractivity contribution in [1.82, 2.24) is 4.90 Å². The number of carbonyl (C=O) groups excluding carboxylic acids is 3. The summed E-state index contributed by atoms with van der Waals surface area (Å²) in [7, 11) is 0. The van der Waals surface area contributed by atoms with E-state index in [4.69, 9.17) is 20.8 Å². The lowest BCUT2D eigenvalue weighted by Crippen LogP contribution is -2.27. The van der Waals surface area contributed by atoms with Crippen LogP contribution in [0.5, 0.6) is 0 Å². The number of imide groups is 1. The number of hydrogen-bond acceptors (Lipinski definition) is 6. The molecule has 0 N–H and O–H groups in total. The van der Waals surface area contributed by atoms with Crippen molar-refractivity contribution >= 4 is 62.5 Å². The van der Waals surface area contributed by atoms with Crippen LogP contribution in [0.3, 0.4) is 0 Å². The van der Waals surface area contributed by atoms with Gasteiger partial charge in [0.15, 0.2) is 0 Å². The van der Waals surface area contributed by atoms with Gasteiger partial charge in [0.2, 0.25) is 0 Å². The van der Waals surface area contributed by atoms with Gasteiger partial charge in [0.25, 0.3) is 11.1 Å². The van der Waals surface area contributed by atoms with Crippen molar-refractivity contribution in [1.29, 1.82) is 0 Å². The molecule has 6 nitrogen and oxygen atoms in total. The lowest BCUT2D eigenvalue weighted by Gasteiger charge is -2.12. The number of nitrogens with zero attached hydrogens (tertiary/aromatic N) is 1. The summed E-state index contributed by atoms with van der Waals surface area (Å²) < 4.78 is 11.8. The summed E-state index contributed by atoms with van der Waals surface area (Å²) in [5.74, 6) is 0.00173. The van der Waals surface area contributed by atoms with Crippen LogP contribution >= 0.6 is 39.3 Å². The molecular formula is C24H17BrClNO5S. The highest BCUT2D eigenvalue weighted by atomic mass is 79.9. The molecule has 0 aliphatic carbocycles. The van der Waals surface area contributed by atoms with Crippen molar-refractivity contribution in [2.24, 2.45) is 0 Å². The van der Waals surface area contributed by atoms with E-state index >= 15 is 0 Å². The molecule has 2 heterocycles. The number of amides is 2. The van der Waals surface area contributed by atoms with Gasteiger partial charge in [0.1, 0.15) is 11.5 Å². The molecule has 4 rings (SSSR count). The molecule has 0 saturated carbocycles. The molecule has 168 valence electrons. The van der Waals surface area contributed by atoms with E-state index in [0.29, 0.717) is 17.1 Å². The molecule has 1 aromatic heterocycles. The van der Waals surface area contributed by atoms with E-state index in [1.54, 1.807) is 37.3 Å². The van der Waals surface area contributed by atoms with E-state index in [1.807, 2.05) is 24.3 Å². The smallest absolute Gasteiger partial charge is 0.339 e. The van der Waals surface area contributed by atoms with E-state index < -0.39 is 5.97 Å². The highest BCUT2D eigenvalue weighted by molar-refractivity contribution is 9.10. The molecule has 0 atom stereocenters. The number of esters is 1. The van der Waals surface area contributed by atoms with Gasteiger partial charge >= 0.3 is 5.97 Å². The Bertz CT molecular complexity index is 1270. The van der Waals surface area contributed by atoms with E-state index in [-0.39, 0.29) is 39.8 Å². The Balaban J connectivity index is 1.53. The standard InChI is InChI=1S/C24H17BrClNO5S/c1-2-31-23(29)18-11-15(5-9-19(18)26)20-10-8-17(32-20)12-21-22(28)27(24(30)33-21)13-14-3-6-16(25)7-4-14/h3-12H,2,13H2,1H3/b21-12-. The normalized spacial score (nSPS) is 14.9. The quantitative estimate of drug-likeness (QED) is 0.251. The van der Waals surface area contributed by atoms with Gasteiger partial charge in [-0.05, 0) is 66.7 Å². The Morgan fingerprint density at radius 2 is 1.91 bits per heavy atom. The fourth-order valence-electron chi connectivity index (χ4n) is 3.17. The number of furan rings is 1. The summed E-state index contributed by atoms with van der Waals surface area (Å²) in [4.78, 5) is 38.8. The third-order valence-corrected chi connectivity index (χ3v) is 6.54. The second kappa shape index (κ2) is 9.99. The molecule has 0 spiro atoms. The Morgan fingerprint density at radius 3 is 2.64 bits per heavy atom. The zero-order chi connectivity index (χ0) is 23.5. The number of ether oxygens (including phenoxy) is 1. The first-order chi connectivity index (χ1) is 15.9. The lowest BCUT2D eigenvalue weighted by molar-refractivity contribution is -0.123. The minimum absolute atomic E-state index is 0.195. The van der Waals surface area contributed by atoms with Crippen LogP contribution in [0.4, 0.5) is 4.79 Å². The molecule has 1 aliphatic heterocycles. The number of rotatable bonds is 6. The van der Waals surface area contributed by atoms with Crippen LogP contribution < -0.4 is 0 Å². The van der Waals surface area contributed by atoms with Crippen LogP contribution in [0.2, 0.25) is 5.02 Å². The summed E-state index contributed by atoms with van der Waals surface area (Å²) in [5.41, 5.74) is 1.72. The molecule has 2 amide bonds. The van der Waals surface area contributed by atoms with E-state index in [9.17, 15) is 14.4 Å². The number of halogens is 2. The third-order valence-electron chi connectivity index (χ3n) is 4.77. The van der Waals surface area contributed by atoms with Gasteiger partial charge in [-0.1, -0.05) is 39.7 Å². The maximum Gasteiger partial charge on any atom is 0.339 e. The van der Waals surface area contributed by atoms with Crippen molar-refractivity contribution in [3.63, 3.8) is 0 Å². The number of hydrogen-bond donors (Lipinski definition) is 0. The molecule has 0 unspecified atom stereocenters. The summed E-state index contributed by atoms with van der Waals surface area (Å²) in [6.07, 6.45) is 1.54. The Labute approximate surface area is 207 Å². The molecule has 33 heavy (non-hydrogen) atoms. The van der Waals surface area contributed by atoms with Gasteiger partial charge < -0.3 is 9.15 Å². The minimum atomic E-state index is -0.518. The molecule has 2 aromatic carbocycles. The molecule has 1 fully saturated rings. The van der Waals surface area contributed by atoms with Gasteiger partial charge in [-0.3, -0.25) is 14.5 Å². The molecule has 9 heteroatoms. The highest BCUT2D eigenvalue weighted by Crippen LogP contribution is 2.35. The second-order valence-electron chi connectivity index (χ2n) is 7.01. The van der Waals surface area contributed by atoms with Crippen molar-refractivity contribution in [2.75, 3.05) is 6.61 Å². The van der Waals surface area contributed by atoms with Crippen molar-refractivity contribution < 1.29 is 23.5 Å². The fourth-order valence-corrected chi connectivity index (χ4v) is 4.44. The molecule has 1 aliphatic rings. The zero-order valence-corrected chi connectivity index (χ0v) is 20.5. The number of thioether (sulfide) groups is 1. The first kappa shape index (κ1) is 23.4. The summed E-state index contributed by atoms with van der Waals surface area (Å²) in [6.45, 7) is 2.15. The topological polar surface area (TPSA) is 76.8 Å². The average Bonchev–Trinajstić information content (AvgIpc) is 3.36. The van der Waals surface area contributed by atoms with Gasteiger partial charge in [-0.2, -0.15) is 0 Å². The molecule has 1 saturated heterocycles. The fraction of sp³-hybridized carbons (Fsp3) is 0.125. The Hall–Kier alpha value is -2.81. The monoisotopic (exact) mass is 545 g/mol.